The molecule has 0 spiro atoms. The number of benzene rings is 2. The molecule has 2 aromatic rings. The van der Waals surface area contributed by atoms with E-state index in [9.17, 15) is 9.90 Å². The summed E-state index contributed by atoms with van der Waals surface area (Å²) in [4.78, 5) is 11.4. The van der Waals surface area contributed by atoms with Crippen LogP contribution in [0.5, 0.6) is 5.75 Å². The molecule has 2 aliphatic carbocycles. The first kappa shape index (κ1) is 23.4. The van der Waals surface area contributed by atoms with Crippen molar-refractivity contribution in [2.75, 3.05) is 0 Å². The van der Waals surface area contributed by atoms with Crippen LogP contribution in [0, 0.1) is 17.3 Å². The van der Waals surface area contributed by atoms with Crippen molar-refractivity contribution < 1.29 is 14.6 Å². The highest BCUT2D eigenvalue weighted by molar-refractivity contribution is 6.37. The first-order chi connectivity index (χ1) is 15.2. The van der Waals surface area contributed by atoms with Crippen LogP contribution in [-0.4, -0.2) is 23.2 Å². The van der Waals surface area contributed by atoms with Crippen LogP contribution in [0.3, 0.4) is 0 Å². The van der Waals surface area contributed by atoms with Crippen molar-refractivity contribution >= 4 is 28.3 Å². The van der Waals surface area contributed by atoms with E-state index in [-0.39, 0.29) is 29.5 Å². The summed E-state index contributed by atoms with van der Waals surface area (Å²) in [7, 11) is 0. The molecule has 4 rings (SSSR count). The molecule has 0 aromatic heterocycles. The van der Waals surface area contributed by atoms with Gasteiger partial charge in [-0.15, -0.1) is 0 Å². The molecule has 0 aliphatic heterocycles. The van der Waals surface area contributed by atoms with Crippen LogP contribution in [0.15, 0.2) is 30.3 Å². The summed E-state index contributed by atoms with van der Waals surface area (Å²) in [6.07, 6.45) is 6.84. The Morgan fingerprint density at radius 3 is 2.53 bits per heavy atom. The van der Waals surface area contributed by atoms with Crippen molar-refractivity contribution in [2.24, 2.45) is 17.3 Å². The van der Waals surface area contributed by atoms with Gasteiger partial charge in [-0.2, -0.15) is 0 Å². The maximum atomic E-state index is 11.4. The minimum absolute atomic E-state index is 0.100. The van der Waals surface area contributed by atoms with E-state index in [4.69, 9.17) is 16.3 Å². The van der Waals surface area contributed by atoms with Gasteiger partial charge in [0.15, 0.2) is 0 Å². The van der Waals surface area contributed by atoms with E-state index >= 15 is 0 Å². The molecule has 0 amide bonds. The molecular formula is C27H36ClNO3. The SMILES string of the molecule is CC[C@H]1CC[C@@H](Oc2ccc3ccc(C(C)N[C@H]4C[C@@H](C(=O)O)C4(C)C)cc3c2Cl)CC1. The number of carboxylic acid groups (broad SMARTS) is 1. The van der Waals surface area contributed by atoms with Crippen molar-refractivity contribution in [1.29, 1.82) is 0 Å². The first-order valence-corrected chi connectivity index (χ1v) is 12.5. The van der Waals surface area contributed by atoms with E-state index in [1.54, 1.807) is 0 Å². The molecule has 0 radical (unpaired) electrons. The number of hydrogen-bond acceptors (Lipinski definition) is 3. The number of carbonyl (C=O) groups is 1. The van der Waals surface area contributed by atoms with E-state index in [1.807, 2.05) is 19.9 Å². The van der Waals surface area contributed by atoms with Crippen molar-refractivity contribution in [2.45, 2.75) is 84.4 Å². The summed E-state index contributed by atoms with van der Waals surface area (Å²) in [6.45, 7) is 8.48. The summed E-state index contributed by atoms with van der Waals surface area (Å²) >= 11 is 6.83. The summed E-state index contributed by atoms with van der Waals surface area (Å²) in [6, 6.07) is 10.8. The van der Waals surface area contributed by atoms with Gasteiger partial charge in [-0.3, -0.25) is 4.79 Å². The predicted molar refractivity (Wildman–Crippen MR) is 130 cm³/mol. The van der Waals surface area contributed by atoms with Gasteiger partial charge in [0, 0.05) is 17.5 Å². The Hall–Kier alpha value is -1.78. The second-order valence-corrected chi connectivity index (χ2v) is 10.8. The zero-order valence-corrected chi connectivity index (χ0v) is 20.4. The minimum atomic E-state index is -0.700. The quantitative estimate of drug-likeness (QED) is 0.470. The third-order valence-electron chi connectivity index (χ3n) is 8.13. The van der Waals surface area contributed by atoms with Crippen molar-refractivity contribution in [3.8, 4) is 5.75 Å². The number of carboxylic acids is 1. The molecule has 2 fully saturated rings. The largest absolute Gasteiger partial charge is 0.489 e. The number of nitrogens with one attached hydrogen (secondary N) is 1. The van der Waals surface area contributed by atoms with Crippen LogP contribution < -0.4 is 10.1 Å². The van der Waals surface area contributed by atoms with E-state index in [0.29, 0.717) is 11.4 Å². The second kappa shape index (κ2) is 9.23. The van der Waals surface area contributed by atoms with Gasteiger partial charge in [-0.1, -0.05) is 57.0 Å². The van der Waals surface area contributed by atoms with Crippen LogP contribution in [-0.2, 0) is 4.79 Å². The number of fused-ring (bicyclic) bond motifs is 1. The lowest BCUT2D eigenvalue weighted by Gasteiger charge is -2.51. The topological polar surface area (TPSA) is 58.6 Å². The molecule has 3 atom stereocenters. The lowest BCUT2D eigenvalue weighted by molar-refractivity contribution is -0.155. The number of hydrogen-bond donors (Lipinski definition) is 2. The van der Waals surface area contributed by atoms with Gasteiger partial charge in [-0.25, -0.2) is 0 Å². The average Bonchev–Trinajstić information content (AvgIpc) is 2.78. The van der Waals surface area contributed by atoms with Crippen LogP contribution in [0.2, 0.25) is 5.02 Å². The molecule has 0 bridgehead atoms. The average molecular weight is 458 g/mol. The highest BCUT2D eigenvalue weighted by atomic mass is 35.5. The molecule has 5 heteroatoms. The Morgan fingerprint density at radius 2 is 1.91 bits per heavy atom. The number of aliphatic carboxylic acids is 1. The molecule has 2 aromatic carbocycles. The van der Waals surface area contributed by atoms with Gasteiger partial charge in [0.2, 0.25) is 0 Å². The van der Waals surface area contributed by atoms with Crippen LogP contribution in [0.1, 0.15) is 77.8 Å². The molecule has 0 saturated heterocycles. The maximum Gasteiger partial charge on any atom is 0.307 e. The summed E-state index contributed by atoms with van der Waals surface area (Å²) in [5, 5.41) is 15.8. The molecule has 32 heavy (non-hydrogen) atoms. The molecule has 2 saturated carbocycles. The van der Waals surface area contributed by atoms with E-state index in [2.05, 4.69) is 43.4 Å². The zero-order valence-electron chi connectivity index (χ0n) is 19.7. The lowest BCUT2D eigenvalue weighted by atomic mass is 9.58. The van der Waals surface area contributed by atoms with E-state index in [0.717, 1.165) is 40.8 Å². The van der Waals surface area contributed by atoms with Crippen molar-refractivity contribution in [3.05, 3.63) is 40.9 Å². The molecule has 174 valence electrons. The van der Waals surface area contributed by atoms with Crippen molar-refractivity contribution in [1.82, 2.24) is 5.32 Å². The Balaban J connectivity index is 1.48. The van der Waals surface area contributed by atoms with Crippen LogP contribution in [0.4, 0.5) is 0 Å². The normalized spacial score (nSPS) is 28.2. The van der Waals surface area contributed by atoms with Gasteiger partial charge < -0.3 is 15.2 Å². The monoisotopic (exact) mass is 457 g/mol. The standard InChI is InChI=1S/C27H36ClNO3/c1-5-17-6-11-20(12-7-17)32-23-13-10-18-8-9-19(14-21(18)25(23)28)16(2)29-24-15-22(26(30)31)27(24,3)4/h8-10,13-14,16-17,20,22,24,29H,5-7,11-12,15H2,1-4H3,(H,30,31)/t16?,17-,20+,22-,24-/m0/s1. The van der Waals surface area contributed by atoms with E-state index < -0.39 is 5.97 Å². The molecule has 2 aliphatic rings. The fraction of sp³-hybridized carbons (Fsp3) is 0.593. The zero-order chi connectivity index (χ0) is 23.0. The fourth-order valence-corrected chi connectivity index (χ4v) is 5.78. The van der Waals surface area contributed by atoms with Gasteiger partial charge in [0.25, 0.3) is 0 Å². The Bertz CT molecular complexity index is 980. The summed E-state index contributed by atoms with van der Waals surface area (Å²) in [5.74, 6) is 0.630. The molecule has 2 N–H and O–H groups in total. The second-order valence-electron chi connectivity index (χ2n) is 10.4. The Labute approximate surface area is 196 Å². The fourth-order valence-electron chi connectivity index (χ4n) is 5.50. The van der Waals surface area contributed by atoms with Gasteiger partial charge >= 0.3 is 5.97 Å². The first-order valence-electron chi connectivity index (χ1n) is 12.1. The third-order valence-corrected chi connectivity index (χ3v) is 8.52. The third kappa shape index (κ3) is 4.49. The number of ether oxygens (including phenoxy) is 1. The van der Waals surface area contributed by atoms with Gasteiger partial charge in [0.05, 0.1) is 17.0 Å². The van der Waals surface area contributed by atoms with Crippen LogP contribution in [0.25, 0.3) is 10.8 Å². The minimum Gasteiger partial charge on any atom is -0.489 e. The Kier molecular flexibility index (Phi) is 6.74. The number of halogens is 1. The summed E-state index contributed by atoms with van der Waals surface area (Å²) in [5.41, 5.74) is 0.890. The maximum absolute atomic E-state index is 11.4. The lowest BCUT2D eigenvalue weighted by Crippen LogP contribution is -2.59. The molecular weight excluding hydrogens is 422 g/mol. The Morgan fingerprint density at radius 1 is 1.22 bits per heavy atom. The van der Waals surface area contributed by atoms with Crippen molar-refractivity contribution in [3.63, 3.8) is 0 Å². The molecule has 1 unspecified atom stereocenters. The van der Waals surface area contributed by atoms with Crippen LogP contribution >= 0.6 is 11.6 Å². The predicted octanol–water partition coefficient (Wildman–Crippen LogP) is 6.99. The molecule has 0 heterocycles. The van der Waals surface area contributed by atoms with E-state index in [1.165, 1.54) is 19.3 Å². The molecule has 4 nitrogen and oxygen atoms in total. The number of rotatable bonds is 7. The summed E-state index contributed by atoms with van der Waals surface area (Å²) < 4.78 is 6.34. The highest BCUT2D eigenvalue weighted by Gasteiger charge is 2.52. The highest BCUT2D eigenvalue weighted by Crippen LogP contribution is 2.47. The van der Waals surface area contributed by atoms with Gasteiger partial charge in [0.1, 0.15) is 5.75 Å². The smallest absolute Gasteiger partial charge is 0.307 e. The van der Waals surface area contributed by atoms with Gasteiger partial charge in [-0.05, 0) is 73.4 Å².